The first-order chi connectivity index (χ1) is 12.8. The monoisotopic (exact) mass is 378 g/mol. The topological polar surface area (TPSA) is 50.4 Å². The molecule has 1 unspecified atom stereocenters. The summed E-state index contributed by atoms with van der Waals surface area (Å²) in [4.78, 5) is 12.2. The van der Waals surface area contributed by atoms with Crippen LogP contribution in [0.2, 0.25) is 0 Å². The number of carbonyl (C=O) groups excluding carboxylic acids is 1. The number of rotatable bonds is 6. The summed E-state index contributed by atoms with van der Waals surface area (Å²) in [6.45, 7) is 3.66. The van der Waals surface area contributed by atoms with Gasteiger partial charge in [0, 0.05) is 11.6 Å². The normalized spacial score (nSPS) is 15.7. The smallest absolute Gasteiger partial charge is 0.416 e. The number of anilines is 1. The van der Waals surface area contributed by atoms with Gasteiger partial charge >= 0.3 is 6.18 Å². The molecule has 2 aromatic rings. The van der Waals surface area contributed by atoms with Crippen LogP contribution < -0.4 is 15.4 Å². The largest absolute Gasteiger partial charge is 0.489 e. The first kappa shape index (κ1) is 19.2. The van der Waals surface area contributed by atoms with E-state index in [4.69, 9.17) is 4.74 Å². The maximum absolute atomic E-state index is 12.7. The molecule has 0 radical (unpaired) electrons. The Bertz CT molecular complexity index is 787. The molecule has 1 heterocycles. The van der Waals surface area contributed by atoms with Crippen molar-refractivity contribution < 1.29 is 22.7 Å². The molecule has 4 nitrogen and oxygen atoms in total. The molecule has 1 saturated heterocycles. The number of alkyl halides is 3. The summed E-state index contributed by atoms with van der Waals surface area (Å²) < 4.78 is 43.7. The Balaban J connectivity index is 1.54. The Labute approximate surface area is 155 Å². The maximum Gasteiger partial charge on any atom is 0.416 e. The van der Waals surface area contributed by atoms with E-state index in [1.165, 1.54) is 6.07 Å². The van der Waals surface area contributed by atoms with Gasteiger partial charge in [0.2, 0.25) is 5.91 Å². The van der Waals surface area contributed by atoms with Crippen molar-refractivity contribution in [2.45, 2.75) is 19.7 Å². The van der Waals surface area contributed by atoms with Crippen LogP contribution in [0.1, 0.15) is 18.1 Å². The van der Waals surface area contributed by atoms with Crippen molar-refractivity contribution in [1.82, 2.24) is 5.32 Å². The van der Waals surface area contributed by atoms with Gasteiger partial charge in [0.05, 0.1) is 5.56 Å². The van der Waals surface area contributed by atoms with Crippen LogP contribution >= 0.6 is 0 Å². The molecule has 1 fully saturated rings. The molecule has 2 aromatic carbocycles. The highest BCUT2D eigenvalue weighted by Crippen LogP contribution is 2.30. The Morgan fingerprint density at radius 2 is 1.93 bits per heavy atom. The minimum atomic E-state index is -4.37. The molecule has 2 N–H and O–H groups in total. The average molecular weight is 378 g/mol. The first-order valence-corrected chi connectivity index (χ1v) is 8.73. The Morgan fingerprint density at radius 1 is 1.22 bits per heavy atom. The molecular formula is C20H21F3N2O2. The maximum atomic E-state index is 12.7. The Kier molecular flexibility index (Phi) is 5.70. The van der Waals surface area contributed by atoms with Crippen LogP contribution in [0.4, 0.5) is 18.9 Å². The third-order valence-corrected chi connectivity index (χ3v) is 4.72. The van der Waals surface area contributed by atoms with Gasteiger partial charge in [0.15, 0.2) is 0 Å². The highest BCUT2D eigenvalue weighted by Gasteiger charge is 2.30. The molecule has 0 aliphatic carbocycles. The van der Waals surface area contributed by atoms with Crippen LogP contribution in [0.25, 0.3) is 0 Å². The summed E-state index contributed by atoms with van der Waals surface area (Å²) in [6.07, 6.45) is -4.37. The van der Waals surface area contributed by atoms with Gasteiger partial charge in [-0.1, -0.05) is 19.1 Å². The fourth-order valence-corrected chi connectivity index (χ4v) is 2.77. The van der Waals surface area contributed by atoms with E-state index in [0.29, 0.717) is 22.9 Å². The molecule has 1 atom stereocenters. The van der Waals surface area contributed by atoms with E-state index in [1.54, 1.807) is 30.3 Å². The first-order valence-electron chi connectivity index (χ1n) is 8.73. The third-order valence-electron chi connectivity index (χ3n) is 4.72. The van der Waals surface area contributed by atoms with Gasteiger partial charge in [-0.3, -0.25) is 4.79 Å². The zero-order valence-electron chi connectivity index (χ0n) is 14.8. The second-order valence-electron chi connectivity index (χ2n) is 6.71. The zero-order valence-corrected chi connectivity index (χ0v) is 14.8. The van der Waals surface area contributed by atoms with E-state index in [9.17, 15) is 18.0 Å². The third kappa shape index (κ3) is 5.01. The van der Waals surface area contributed by atoms with Gasteiger partial charge in [-0.15, -0.1) is 0 Å². The van der Waals surface area contributed by atoms with Crippen LogP contribution in [0.15, 0.2) is 48.5 Å². The van der Waals surface area contributed by atoms with Crippen molar-refractivity contribution in [2.24, 2.45) is 11.8 Å². The highest BCUT2D eigenvalue weighted by molar-refractivity contribution is 5.92. The molecule has 3 rings (SSSR count). The lowest BCUT2D eigenvalue weighted by Crippen LogP contribution is -2.48. The molecular weight excluding hydrogens is 357 g/mol. The predicted octanol–water partition coefficient (Wildman–Crippen LogP) is 4.08. The molecule has 1 amide bonds. The standard InChI is InChI=1S/C20H21F3N2O2/c1-13(15-10-24-11-15)19(26)25-17-5-7-18(8-6-17)27-12-14-3-2-4-16(9-14)20(21,22)23/h2-9,13,15,24H,10-12H2,1H3,(H,25,26). The predicted molar refractivity (Wildman–Crippen MR) is 96.4 cm³/mol. The fourth-order valence-electron chi connectivity index (χ4n) is 2.77. The Hall–Kier alpha value is -2.54. The lowest BCUT2D eigenvalue weighted by Gasteiger charge is -2.31. The lowest BCUT2D eigenvalue weighted by atomic mass is 9.88. The molecule has 144 valence electrons. The molecule has 0 aromatic heterocycles. The second-order valence-corrected chi connectivity index (χ2v) is 6.71. The number of ether oxygens (including phenoxy) is 1. The molecule has 1 aliphatic rings. The summed E-state index contributed by atoms with van der Waals surface area (Å²) in [5, 5.41) is 6.02. The van der Waals surface area contributed by atoms with Gasteiger partial charge < -0.3 is 15.4 Å². The van der Waals surface area contributed by atoms with Gasteiger partial charge in [0.1, 0.15) is 12.4 Å². The molecule has 1 aliphatic heterocycles. The SMILES string of the molecule is CC(C(=O)Nc1ccc(OCc2cccc(C(F)(F)F)c2)cc1)C1CNC1. The van der Waals surface area contributed by atoms with Crippen LogP contribution in [-0.2, 0) is 17.6 Å². The molecule has 7 heteroatoms. The van der Waals surface area contributed by atoms with E-state index in [0.717, 1.165) is 25.2 Å². The number of amides is 1. The van der Waals surface area contributed by atoms with E-state index in [1.807, 2.05) is 6.92 Å². The summed E-state index contributed by atoms with van der Waals surface area (Å²) in [7, 11) is 0. The van der Waals surface area contributed by atoms with Crippen LogP contribution in [0.5, 0.6) is 5.75 Å². The molecule has 0 spiro atoms. The van der Waals surface area contributed by atoms with Crippen LogP contribution in [0, 0.1) is 11.8 Å². The Morgan fingerprint density at radius 3 is 2.52 bits per heavy atom. The van der Waals surface area contributed by atoms with Gasteiger partial charge in [-0.2, -0.15) is 13.2 Å². The number of benzene rings is 2. The van der Waals surface area contributed by atoms with Crippen LogP contribution in [0.3, 0.4) is 0 Å². The lowest BCUT2D eigenvalue weighted by molar-refractivity contribution is -0.137. The van der Waals surface area contributed by atoms with E-state index < -0.39 is 11.7 Å². The summed E-state index contributed by atoms with van der Waals surface area (Å²) >= 11 is 0. The molecule has 0 bridgehead atoms. The zero-order chi connectivity index (χ0) is 19.4. The van der Waals surface area contributed by atoms with E-state index in [2.05, 4.69) is 10.6 Å². The van der Waals surface area contributed by atoms with Crippen molar-refractivity contribution in [2.75, 3.05) is 18.4 Å². The van der Waals surface area contributed by atoms with Gasteiger partial charge in [-0.25, -0.2) is 0 Å². The van der Waals surface area contributed by atoms with E-state index >= 15 is 0 Å². The summed E-state index contributed by atoms with van der Waals surface area (Å²) in [6, 6.07) is 11.8. The fraction of sp³-hybridized carbons (Fsp3) is 0.350. The minimum Gasteiger partial charge on any atom is -0.489 e. The quantitative estimate of drug-likeness (QED) is 0.797. The number of nitrogens with one attached hydrogen (secondary N) is 2. The summed E-state index contributed by atoms with van der Waals surface area (Å²) in [5.41, 5.74) is 0.396. The average Bonchev–Trinajstić information content (AvgIpc) is 2.59. The number of hydrogen-bond acceptors (Lipinski definition) is 3. The van der Waals surface area contributed by atoms with Gasteiger partial charge in [0.25, 0.3) is 0 Å². The van der Waals surface area contributed by atoms with Crippen molar-refractivity contribution >= 4 is 11.6 Å². The van der Waals surface area contributed by atoms with Crippen molar-refractivity contribution in [3.63, 3.8) is 0 Å². The van der Waals surface area contributed by atoms with Crippen molar-refractivity contribution in [3.8, 4) is 5.75 Å². The van der Waals surface area contributed by atoms with Crippen LogP contribution in [-0.4, -0.2) is 19.0 Å². The molecule has 27 heavy (non-hydrogen) atoms. The van der Waals surface area contributed by atoms with Crippen molar-refractivity contribution in [3.05, 3.63) is 59.7 Å². The highest BCUT2D eigenvalue weighted by atomic mass is 19.4. The second kappa shape index (κ2) is 8.00. The number of carbonyl (C=O) groups is 1. The van der Waals surface area contributed by atoms with Gasteiger partial charge in [-0.05, 0) is 61.0 Å². The minimum absolute atomic E-state index is 0.0286. The molecule has 0 saturated carbocycles. The number of halogens is 3. The summed E-state index contributed by atoms with van der Waals surface area (Å²) in [5.74, 6) is 0.781. The number of hydrogen-bond donors (Lipinski definition) is 2. The van der Waals surface area contributed by atoms with E-state index in [-0.39, 0.29) is 18.4 Å². The van der Waals surface area contributed by atoms with Crippen molar-refractivity contribution in [1.29, 1.82) is 0 Å².